The highest BCUT2D eigenvalue weighted by Crippen LogP contribution is 2.43. The molecule has 130 valence electrons. The summed E-state index contributed by atoms with van der Waals surface area (Å²) in [7, 11) is -2.04. The molecule has 0 heterocycles. The first-order valence-corrected chi connectivity index (χ1v) is 9.48. The van der Waals surface area contributed by atoms with Crippen molar-refractivity contribution in [2.24, 2.45) is 0 Å². The Morgan fingerprint density at radius 3 is 1.46 bits per heavy atom. The van der Waals surface area contributed by atoms with Crippen molar-refractivity contribution in [3.8, 4) is 11.5 Å². The third kappa shape index (κ3) is 4.28. The first-order valence-electron chi connectivity index (χ1n) is 8.35. The molecule has 0 saturated carbocycles. The largest absolute Gasteiger partial charge is 0.460 e. The predicted octanol–water partition coefficient (Wildman–Crippen LogP) is 6.23. The average Bonchev–Trinajstić information content (AvgIpc) is 2.46. The molecule has 1 N–H and O–H groups in total. The van der Waals surface area contributed by atoms with Crippen molar-refractivity contribution in [2.75, 3.05) is 0 Å². The van der Waals surface area contributed by atoms with Crippen LogP contribution in [0.5, 0.6) is 11.5 Å². The summed E-state index contributed by atoms with van der Waals surface area (Å²) >= 11 is 0. The summed E-state index contributed by atoms with van der Waals surface area (Å²) in [6.45, 7) is 12.6. The van der Waals surface area contributed by atoms with Crippen molar-refractivity contribution in [1.29, 1.82) is 0 Å². The lowest BCUT2D eigenvalue weighted by molar-refractivity contribution is 0.376. The SMILES string of the molecule is Cc1cccc(OP(O)Oc2cccc(C)c2C(C)C)c1C(C)C. The lowest BCUT2D eigenvalue weighted by Gasteiger charge is -2.21. The first-order chi connectivity index (χ1) is 11.3. The van der Waals surface area contributed by atoms with Gasteiger partial charge in [-0.1, -0.05) is 52.0 Å². The van der Waals surface area contributed by atoms with Gasteiger partial charge >= 0.3 is 8.60 Å². The minimum atomic E-state index is -2.04. The zero-order valence-corrected chi connectivity index (χ0v) is 16.2. The minimum absolute atomic E-state index is 0.315. The van der Waals surface area contributed by atoms with Gasteiger partial charge in [-0.15, -0.1) is 0 Å². The van der Waals surface area contributed by atoms with Crippen molar-refractivity contribution in [2.45, 2.75) is 53.4 Å². The van der Waals surface area contributed by atoms with E-state index in [9.17, 15) is 4.89 Å². The van der Waals surface area contributed by atoms with E-state index in [0.29, 0.717) is 23.3 Å². The van der Waals surface area contributed by atoms with Crippen molar-refractivity contribution >= 4 is 8.60 Å². The fraction of sp³-hybridized carbons (Fsp3) is 0.400. The van der Waals surface area contributed by atoms with Gasteiger partial charge < -0.3 is 13.9 Å². The predicted molar refractivity (Wildman–Crippen MR) is 101 cm³/mol. The molecule has 2 aromatic rings. The molecule has 0 aliphatic carbocycles. The van der Waals surface area contributed by atoms with E-state index in [1.54, 1.807) is 0 Å². The van der Waals surface area contributed by atoms with Crippen LogP contribution in [-0.4, -0.2) is 4.89 Å². The normalized spacial score (nSPS) is 11.4. The molecular weight excluding hydrogens is 319 g/mol. The Hall–Kier alpha value is -1.57. The van der Waals surface area contributed by atoms with Crippen LogP contribution >= 0.6 is 8.60 Å². The maximum absolute atomic E-state index is 10.4. The maximum atomic E-state index is 10.4. The Bertz CT molecular complexity index is 636. The highest BCUT2D eigenvalue weighted by Gasteiger charge is 2.20. The van der Waals surface area contributed by atoms with Crippen LogP contribution in [0.1, 0.15) is 61.8 Å². The molecule has 0 aliphatic heterocycles. The molecule has 0 aromatic heterocycles. The summed E-state index contributed by atoms with van der Waals surface area (Å²) < 4.78 is 11.5. The number of hydrogen-bond acceptors (Lipinski definition) is 3. The molecule has 0 radical (unpaired) electrons. The molecule has 2 aromatic carbocycles. The molecule has 0 saturated heterocycles. The van der Waals surface area contributed by atoms with E-state index < -0.39 is 8.60 Å². The topological polar surface area (TPSA) is 38.7 Å². The Kier molecular flexibility index (Phi) is 6.26. The van der Waals surface area contributed by atoms with Crippen LogP contribution in [0.3, 0.4) is 0 Å². The average molecular weight is 346 g/mol. The van der Waals surface area contributed by atoms with Gasteiger partial charge in [-0.25, -0.2) is 0 Å². The third-order valence-electron chi connectivity index (χ3n) is 4.08. The fourth-order valence-electron chi connectivity index (χ4n) is 3.13. The molecule has 0 aliphatic rings. The second-order valence-corrected chi connectivity index (χ2v) is 7.54. The standard InChI is InChI=1S/C20H27O3P/c1-13(2)19-15(5)9-7-11-17(19)22-24(21)23-18-12-8-10-16(6)20(18)14(3)4/h7-14,21H,1-6H3. The molecule has 4 heteroatoms. The van der Waals surface area contributed by atoms with Crippen molar-refractivity contribution in [3.63, 3.8) is 0 Å². The Labute approximate surface area is 146 Å². The van der Waals surface area contributed by atoms with E-state index in [1.807, 2.05) is 24.3 Å². The zero-order valence-electron chi connectivity index (χ0n) is 15.3. The van der Waals surface area contributed by atoms with Gasteiger partial charge in [-0.05, 0) is 48.9 Å². The first kappa shape index (κ1) is 18.8. The van der Waals surface area contributed by atoms with Gasteiger partial charge in [0.1, 0.15) is 11.5 Å². The smallest absolute Gasteiger partial charge is 0.418 e. The van der Waals surface area contributed by atoms with Gasteiger partial charge in [-0.3, -0.25) is 0 Å². The van der Waals surface area contributed by atoms with Gasteiger partial charge in [0.25, 0.3) is 0 Å². The van der Waals surface area contributed by atoms with Crippen LogP contribution in [-0.2, 0) is 0 Å². The number of aryl methyl sites for hydroxylation is 2. The van der Waals surface area contributed by atoms with Gasteiger partial charge in [0, 0.05) is 11.1 Å². The summed E-state index contributed by atoms with van der Waals surface area (Å²) in [6.07, 6.45) is 0. The Balaban J connectivity index is 2.23. The van der Waals surface area contributed by atoms with Crippen LogP contribution in [0.2, 0.25) is 0 Å². The fourth-order valence-corrected chi connectivity index (χ4v) is 3.83. The van der Waals surface area contributed by atoms with Gasteiger partial charge in [0.05, 0.1) is 0 Å². The highest BCUT2D eigenvalue weighted by molar-refractivity contribution is 7.41. The van der Waals surface area contributed by atoms with Gasteiger partial charge in [0.2, 0.25) is 0 Å². The molecule has 0 spiro atoms. The summed E-state index contributed by atoms with van der Waals surface area (Å²) in [5, 5.41) is 0. The second kappa shape index (κ2) is 8.00. The summed E-state index contributed by atoms with van der Waals surface area (Å²) in [4.78, 5) is 10.4. The molecule has 0 atom stereocenters. The van der Waals surface area contributed by atoms with E-state index in [4.69, 9.17) is 9.05 Å². The van der Waals surface area contributed by atoms with E-state index >= 15 is 0 Å². The summed E-state index contributed by atoms with van der Waals surface area (Å²) in [6, 6.07) is 11.8. The number of rotatable bonds is 6. The third-order valence-corrected chi connectivity index (χ3v) is 4.78. The molecule has 0 amide bonds. The molecule has 2 rings (SSSR count). The van der Waals surface area contributed by atoms with E-state index in [-0.39, 0.29) is 0 Å². The molecule has 24 heavy (non-hydrogen) atoms. The van der Waals surface area contributed by atoms with Crippen LogP contribution < -0.4 is 9.05 Å². The monoisotopic (exact) mass is 346 g/mol. The van der Waals surface area contributed by atoms with Crippen LogP contribution in [0.25, 0.3) is 0 Å². The zero-order chi connectivity index (χ0) is 17.9. The maximum Gasteiger partial charge on any atom is 0.460 e. The van der Waals surface area contributed by atoms with Gasteiger partial charge in [-0.2, -0.15) is 0 Å². The summed E-state index contributed by atoms with van der Waals surface area (Å²) in [5.41, 5.74) is 4.53. The Morgan fingerprint density at radius 1 is 0.750 bits per heavy atom. The minimum Gasteiger partial charge on any atom is -0.418 e. The molecule has 0 bridgehead atoms. The Morgan fingerprint density at radius 2 is 1.12 bits per heavy atom. The second-order valence-electron chi connectivity index (χ2n) is 6.70. The molecular formula is C20H27O3P. The highest BCUT2D eigenvalue weighted by atomic mass is 31.2. The van der Waals surface area contributed by atoms with E-state index in [0.717, 1.165) is 22.3 Å². The molecule has 0 fully saturated rings. The molecule has 0 unspecified atom stereocenters. The summed E-state index contributed by atoms with van der Waals surface area (Å²) in [5.74, 6) is 2.01. The van der Waals surface area contributed by atoms with E-state index in [1.165, 1.54) is 0 Å². The van der Waals surface area contributed by atoms with Crippen molar-refractivity contribution < 1.29 is 13.9 Å². The van der Waals surface area contributed by atoms with Gasteiger partial charge in [0.15, 0.2) is 0 Å². The van der Waals surface area contributed by atoms with Crippen LogP contribution in [0.4, 0.5) is 0 Å². The lowest BCUT2D eigenvalue weighted by Crippen LogP contribution is -2.03. The van der Waals surface area contributed by atoms with Crippen molar-refractivity contribution in [1.82, 2.24) is 0 Å². The van der Waals surface area contributed by atoms with Crippen LogP contribution in [0, 0.1) is 13.8 Å². The quantitative estimate of drug-likeness (QED) is 0.630. The lowest BCUT2D eigenvalue weighted by atomic mass is 9.97. The number of benzene rings is 2. The number of hydrogen-bond donors (Lipinski definition) is 1. The molecule has 3 nitrogen and oxygen atoms in total. The van der Waals surface area contributed by atoms with E-state index in [2.05, 4.69) is 53.7 Å². The van der Waals surface area contributed by atoms with Crippen molar-refractivity contribution in [3.05, 3.63) is 58.7 Å². The van der Waals surface area contributed by atoms with Crippen LogP contribution in [0.15, 0.2) is 36.4 Å².